The minimum absolute atomic E-state index is 0.190. The van der Waals surface area contributed by atoms with E-state index in [0.29, 0.717) is 17.3 Å². The van der Waals surface area contributed by atoms with Gasteiger partial charge in [0.2, 0.25) is 0 Å². The van der Waals surface area contributed by atoms with Crippen LogP contribution in [0.1, 0.15) is 27.4 Å². The number of carbonyl (C=O) groups excluding carboxylic acids is 1. The van der Waals surface area contributed by atoms with Gasteiger partial charge in [-0.05, 0) is 24.6 Å². The SMILES string of the molecule is Cc1nn(Cc2ccccc2)c(Cl)c1/C=N\NC(=O)c1ccco1. The summed E-state index contributed by atoms with van der Waals surface area (Å²) in [6.07, 6.45) is 2.90. The number of benzene rings is 1. The van der Waals surface area contributed by atoms with Gasteiger partial charge in [0.25, 0.3) is 0 Å². The summed E-state index contributed by atoms with van der Waals surface area (Å²) in [4.78, 5) is 11.7. The minimum atomic E-state index is -0.429. The largest absolute Gasteiger partial charge is 0.459 e. The highest BCUT2D eigenvalue weighted by Gasteiger charge is 2.12. The molecule has 0 atom stereocenters. The molecular weight excluding hydrogens is 328 g/mol. The molecule has 0 spiro atoms. The molecule has 1 aromatic carbocycles. The Morgan fingerprint density at radius 2 is 2.12 bits per heavy atom. The number of hydrogen-bond donors (Lipinski definition) is 1. The third-order valence-corrected chi connectivity index (χ3v) is 3.79. The molecule has 0 saturated carbocycles. The molecule has 3 aromatic rings. The first kappa shape index (κ1) is 16.0. The molecule has 1 N–H and O–H groups in total. The highest BCUT2D eigenvalue weighted by molar-refractivity contribution is 6.32. The molecule has 2 aromatic heterocycles. The van der Waals surface area contributed by atoms with E-state index in [0.717, 1.165) is 11.3 Å². The van der Waals surface area contributed by atoms with Crippen molar-refractivity contribution >= 4 is 23.7 Å². The van der Waals surface area contributed by atoms with Crippen LogP contribution < -0.4 is 5.43 Å². The van der Waals surface area contributed by atoms with Crippen LogP contribution in [-0.2, 0) is 6.54 Å². The van der Waals surface area contributed by atoms with Crippen molar-refractivity contribution in [3.05, 3.63) is 76.5 Å². The number of aryl methyl sites for hydroxylation is 1. The molecule has 1 amide bonds. The van der Waals surface area contributed by atoms with Gasteiger partial charge in [-0.3, -0.25) is 4.79 Å². The predicted molar refractivity (Wildman–Crippen MR) is 91.3 cm³/mol. The highest BCUT2D eigenvalue weighted by atomic mass is 35.5. The van der Waals surface area contributed by atoms with Crippen molar-refractivity contribution in [1.82, 2.24) is 15.2 Å². The van der Waals surface area contributed by atoms with E-state index in [4.69, 9.17) is 16.0 Å². The zero-order chi connectivity index (χ0) is 16.9. The van der Waals surface area contributed by atoms with Gasteiger partial charge in [-0.1, -0.05) is 41.9 Å². The van der Waals surface area contributed by atoms with E-state index < -0.39 is 5.91 Å². The van der Waals surface area contributed by atoms with Gasteiger partial charge in [-0.25, -0.2) is 10.1 Å². The van der Waals surface area contributed by atoms with E-state index in [9.17, 15) is 4.79 Å². The van der Waals surface area contributed by atoms with Crippen LogP contribution in [0.25, 0.3) is 0 Å². The molecule has 0 aliphatic carbocycles. The second-order valence-corrected chi connectivity index (χ2v) is 5.47. The minimum Gasteiger partial charge on any atom is -0.459 e. The molecule has 0 aliphatic rings. The molecule has 6 nitrogen and oxygen atoms in total. The Kier molecular flexibility index (Phi) is 4.77. The number of hydrazone groups is 1. The third kappa shape index (κ3) is 3.55. The second kappa shape index (κ2) is 7.14. The van der Waals surface area contributed by atoms with Crippen molar-refractivity contribution in [2.45, 2.75) is 13.5 Å². The van der Waals surface area contributed by atoms with E-state index in [1.807, 2.05) is 37.3 Å². The van der Waals surface area contributed by atoms with Crippen molar-refractivity contribution < 1.29 is 9.21 Å². The Balaban J connectivity index is 1.72. The number of carbonyl (C=O) groups is 1. The molecular formula is C17H15ClN4O2. The maximum absolute atomic E-state index is 11.7. The van der Waals surface area contributed by atoms with E-state index in [1.54, 1.807) is 16.8 Å². The Bertz CT molecular complexity index is 854. The van der Waals surface area contributed by atoms with E-state index in [-0.39, 0.29) is 5.76 Å². The molecule has 2 heterocycles. The summed E-state index contributed by atoms with van der Waals surface area (Å²) < 4.78 is 6.68. The first-order chi connectivity index (χ1) is 11.6. The summed E-state index contributed by atoms with van der Waals surface area (Å²) in [7, 11) is 0. The first-order valence-corrected chi connectivity index (χ1v) is 7.66. The average Bonchev–Trinajstić information content (AvgIpc) is 3.20. The van der Waals surface area contributed by atoms with Gasteiger partial charge in [0.1, 0.15) is 5.15 Å². The summed E-state index contributed by atoms with van der Waals surface area (Å²) >= 11 is 6.37. The van der Waals surface area contributed by atoms with Crippen LogP contribution in [0.3, 0.4) is 0 Å². The van der Waals surface area contributed by atoms with Gasteiger partial charge in [-0.15, -0.1) is 0 Å². The van der Waals surface area contributed by atoms with Crippen LogP contribution in [0, 0.1) is 6.92 Å². The van der Waals surface area contributed by atoms with Gasteiger partial charge in [0, 0.05) is 0 Å². The van der Waals surface area contributed by atoms with Gasteiger partial charge in [0.05, 0.1) is 30.3 Å². The lowest BCUT2D eigenvalue weighted by atomic mass is 10.2. The van der Waals surface area contributed by atoms with Crippen LogP contribution in [0.2, 0.25) is 5.15 Å². The van der Waals surface area contributed by atoms with Crippen LogP contribution >= 0.6 is 11.6 Å². The molecule has 0 aliphatic heterocycles. The monoisotopic (exact) mass is 342 g/mol. The van der Waals surface area contributed by atoms with Crippen LogP contribution in [0.5, 0.6) is 0 Å². The van der Waals surface area contributed by atoms with Gasteiger partial charge >= 0.3 is 5.91 Å². The number of nitrogens with one attached hydrogen (secondary N) is 1. The molecule has 7 heteroatoms. The number of halogens is 1. The van der Waals surface area contributed by atoms with Crippen LogP contribution in [0.15, 0.2) is 58.2 Å². The topological polar surface area (TPSA) is 72.4 Å². The Morgan fingerprint density at radius 1 is 1.33 bits per heavy atom. The predicted octanol–water partition coefficient (Wildman–Crippen LogP) is 3.25. The van der Waals surface area contributed by atoms with Crippen molar-refractivity contribution in [3.63, 3.8) is 0 Å². The fraction of sp³-hybridized carbons (Fsp3) is 0.118. The number of hydrogen-bond acceptors (Lipinski definition) is 4. The zero-order valence-corrected chi connectivity index (χ0v) is 13.7. The molecule has 0 unspecified atom stereocenters. The van der Waals surface area contributed by atoms with Crippen molar-refractivity contribution in [2.75, 3.05) is 0 Å². The summed E-state index contributed by atoms with van der Waals surface area (Å²) in [5.74, 6) is -0.239. The highest BCUT2D eigenvalue weighted by Crippen LogP contribution is 2.19. The standard InChI is InChI=1S/C17H15ClN4O2/c1-12-14(10-19-20-17(23)15-8-5-9-24-15)16(18)22(21-12)11-13-6-3-2-4-7-13/h2-10H,11H2,1H3,(H,20,23)/b19-10-. The van der Waals surface area contributed by atoms with E-state index in [1.165, 1.54) is 12.5 Å². The maximum atomic E-state index is 11.7. The fourth-order valence-corrected chi connectivity index (χ4v) is 2.48. The summed E-state index contributed by atoms with van der Waals surface area (Å²) in [5, 5.41) is 8.80. The molecule has 24 heavy (non-hydrogen) atoms. The lowest BCUT2D eigenvalue weighted by Gasteiger charge is -2.03. The van der Waals surface area contributed by atoms with Crippen LogP contribution in [0.4, 0.5) is 0 Å². The normalized spacial score (nSPS) is 11.1. The van der Waals surface area contributed by atoms with E-state index >= 15 is 0 Å². The van der Waals surface area contributed by atoms with Gasteiger partial charge in [0.15, 0.2) is 5.76 Å². The molecule has 3 rings (SSSR count). The summed E-state index contributed by atoms with van der Waals surface area (Å²) in [6.45, 7) is 2.40. The second-order valence-electron chi connectivity index (χ2n) is 5.11. The third-order valence-electron chi connectivity index (χ3n) is 3.39. The van der Waals surface area contributed by atoms with Crippen molar-refractivity contribution in [1.29, 1.82) is 0 Å². The first-order valence-electron chi connectivity index (χ1n) is 7.29. The lowest BCUT2D eigenvalue weighted by Crippen LogP contribution is -2.16. The molecule has 122 valence electrons. The quantitative estimate of drug-likeness (QED) is 0.571. The number of nitrogens with zero attached hydrogens (tertiary/aromatic N) is 3. The molecule has 0 fully saturated rings. The Hall–Kier alpha value is -2.86. The smallest absolute Gasteiger partial charge is 0.307 e. The number of amides is 1. The van der Waals surface area contributed by atoms with E-state index in [2.05, 4.69) is 15.6 Å². The average molecular weight is 343 g/mol. The number of furan rings is 1. The Morgan fingerprint density at radius 3 is 2.83 bits per heavy atom. The van der Waals surface area contributed by atoms with Gasteiger partial charge in [-0.2, -0.15) is 10.2 Å². The summed E-state index contributed by atoms with van der Waals surface area (Å²) in [5.41, 5.74) is 4.87. The van der Waals surface area contributed by atoms with Crippen molar-refractivity contribution in [2.24, 2.45) is 5.10 Å². The number of aromatic nitrogens is 2. The van der Waals surface area contributed by atoms with Crippen LogP contribution in [-0.4, -0.2) is 21.9 Å². The fourth-order valence-electron chi connectivity index (χ4n) is 2.19. The zero-order valence-electron chi connectivity index (χ0n) is 12.9. The number of rotatable bonds is 5. The van der Waals surface area contributed by atoms with Crippen molar-refractivity contribution in [3.8, 4) is 0 Å². The molecule has 0 saturated heterocycles. The molecule has 0 radical (unpaired) electrons. The van der Waals surface area contributed by atoms with Gasteiger partial charge < -0.3 is 4.42 Å². The maximum Gasteiger partial charge on any atom is 0.307 e. The lowest BCUT2D eigenvalue weighted by molar-refractivity contribution is 0.0927. The summed E-state index contributed by atoms with van der Waals surface area (Å²) in [6, 6.07) is 13.1. The Labute approximate surface area is 143 Å². The molecule has 0 bridgehead atoms.